The van der Waals surface area contributed by atoms with Crippen LogP contribution in [0.1, 0.15) is 17.3 Å². The largest absolute Gasteiger partial charge is 0.462 e. The smallest absolute Gasteiger partial charge is 0.338 e. The number of carbonyl (C=O) groups excluding carboxylic acids is 1. The summed E-state index contributed by atoms with van der Waals surface area (Å²) in [6.45, 7) is 6.00. The molecule has 1 saturated heterocycles. The minimum Gasteiger partial charge on any atom is -0.462 e. The zero-order valence-electron chi connectivity index (χ0n) is 10.6. The molecule has 1 aromatic carbocycles. The van der Waals surface area contributed by atoms with Gasteiger partial charge in [-0.1, -0.05) is 0 Å². The third kappa shape index (κ3) is 5.65. The Morgan fingerprint density at radius 1 is 1.33 bits per heavy atom. The highest BCUT2D eigenvalue weighted by Crippen LogP contribution is 2.06. The molecule has 0 spiro atoms. The summed E-state index contributed by atoms with van der Waals surface area (Å²) in [5, 5.41) is 3.16. The molecule has 5 heteroatoms. The van der Waals surface area contributed by atoms with Gasteiger partial charge in [0.15, 0.2) is 0 Å². The standard InChI is InChI=1S/C9H11NO2.C4H9NO/c1-2-12-9(11)7-3-5-8(10)6-4-7;1-3-6-4-2-5-1/h3-6H,2,10H2,1H3;5H,1-4H2. The minimum absolute atomic E-state index is 0.308. The summed E-state index contributed by atoms with van der Waals surface area (Å²) in [6, 6.07) is 6.64. The number of benzene rings is 1. The summed E-state index contributed by atoms with van der Waals surface area (Å²) >= 11 is 0. The van der Waals surface area contributed by atoms with Crippen LogP contribution in [0, 0.1) is 0 Å². The maximum absolute atomic E-state index is 11.1. The molecule has 0 bridgehead atoms. The van der Waals surface area contributed by atoms with Crippen molar-refractivity contribution in [2.45, 2.75) is 6.92 Å². The van der Waals surface area contributed by atoms with Crippen LogP contribution >= 0.6 is 0 Å². The second kappa shape index (κ2) is 8.49. The average molecular weight is 252 g/mol. The van der Waals surface area contributed by atoms with Crippen molar-refractivity contribution in [2.24, 2.45) is 0 Å². The fourth-order valence-corrected chi connectivity index (χ4v) is 1.35. The van der Waals surface area contributed by atoms with Gasteiger partial charge >= 0.3 is 5.97 Å². The predicted molar refractivity (Wildman–Crippen MR) is 70.5 cm³/mol. The summed E-state index contributed by atoms with van der Waals surface area (Å²) < 4.78 is 9.79. The number of anilines is 1. The lowest BCUT2D eigenvalue weighted by Gasteiger charge is -2.10. The van der Waals surface area contributed by atoms with E-state index >= 15 is 0 Å². The van der Waals surface area contributed by atoms with Gasteiger partial charge in [-0.25, -0.2) is 4.79 Å². The molecule has 1 aliphatic heterocycles. The van der Waals surface area contributed by atoms with E-state index in [2.05, 4.69) is 5.32 Å². The first-order chi connectivity index (χ1) is 8.74. The highest BCUT2D eigenvalue weighted by molar-refractivity contribution is 5.89. The maximum Gasteiger partial charge on any atom is 0.338 e. The number of nitrogens with one attached hydrogen (secondary N) is 1. The Hall–Kier alpha value is -1.59. The maximum atomic E-state index is 11.1. The summed E-state index contributed by atoms with van der Waals surface area (Å²) in [5.41, 5.74) is 6.62. The van der Waals surface area contributed by atoms with Crippen LogP contribution in [0.5, 0.6) is 0 Å². The number of nitrogen functional groups attached to an aromatic ring is 1. The first-order valence-electron chi connectivity index (χ1n) is 6.05. The molecule has 1 heterocycles. The van der Waals surface area contributed by atoms with Crippen molar-refractivity contribution in [2.75, 3.05) is 38.6 Å². The normalized spacial score (nSPS) is 14.3. The van der Waals surface area contributed by atoms with Gasteiger partial charge in [-0.3, -0.25) is 0 Å². The van der Waals surface area contributed by atoms with Gasteiger partial charge in [0.2, 0.25) is 0 Å². The van der Waals surface area contributed by atoms with Crippen molar-refractivity contribution in [3.05, 3.63) is 29.8 Å². The molecule has 0 amide bonds. The molecule has 1 aromatic rings. The molecule has 5 nitrogen and oxygen atoms in total. The van der Waals surface area contributed by atoms with Crippen LogP contribution in [0.25, 0.3) is 0 Å². The number of rotatable bonds is 2. The first-order valence-corrected chi connectivity index (χ1v) is 6.05. The van der Waals surface area contributed by atoms with Crippen molar-refractivity contribution >= 4 is 11.7 Å². The zero-order valence-corrected chi connectivity index (χ0v) is 10.6. The lowest BCUT2D eigenvalue weighted by atomic mass is 10.2. The lowest BCUT2D eigenvalue weighted by molar-refractivity contribution is 0.0526. The third-order valence-corrected chi connectivity index (χ3v) is 2.27. The molecule has 0 unspecified atom stereocenters. The number of ether oxygens (including phenoxy) is 2. The number of esters is 1. The Bertz CT molecular complexity index is 336. The highest BCUT2D eigenvalue weighted by Gasteiger charge is 2.03. The Morgan fingerprint density at radius 3 is 2.33 bits per heavy atom. The van der Waals surface area contributed by atoms with Crippen LogP contribution in [0.4, 0.5) is 5.69 Å². The Balaban J connectivity index is 0.000000225. The van der Waals surface area contributed by atoms with Gasteiger partial charge in [-0.2, -0.15) is 0 Å². The average Bonchev–Trinajstić information content (AvgIpc) is 2.42. The van der Waals surface area contributed by atoms with E-state index in [9.17, 15) is 4.79 Å². The topological polar surface area (TPSA) is 73.6 Å². The van der Waals surface area contributed by atoms with E-state index in [1.165, 1.54) is 0 Å². The van der Waals surface area contributed by atoms with Gasteiger partial charge in [0.25, 0.3) is 0 Å². The summed E-state index contributed by atoms with van der Waals surface area (Å²) in [4.78, 5) is 11.1. The second-order valence-corrected chi connectivity index (χ2v) is 3.70. The second-order valence-electron chi connectivity index (χ2n) is 3.70. The number of hydrogen-bond donors (Lipinski definition) is 2. The van der Waals surface area contributed by atoms with Gasteiger partial charge < -0.3 is 20.5 Å². The summed E-state index contributed by atoms with van der Waals surface area (Å²) in [6.07, 6.45) is 0. The molecule has 0 aromatic heterocycles. The van der Waals surface area contributed by atoms with Gasteiger partial charge in [0.05, 0.1) is 25.4 Å². The Morgan fingerprint density at radius 2 is 1.94 bits per heavy atom. The van der Waals surface area contributed by atoms with Crippen LogP contribution in [-0.2, 0) is 9.47 Å². The zero-order chi connectivity index (χ0) is 13.2. The molecule has 0 aliphatic carbocycles. The molecule has 0 atom stereocenters. The molecule has 18 heavy (non-hydrogen) atoms. The van der Waals surface area contributed by atoms with Crippen LogP contribution < -0.4 is 11.1 Å². The van der Waals surface area contributed by atoms with E-state index in [1.807, 2.05) is 0 Å². The predicted octanol–water partition coefficient (Wildman–Crippen LogP) is 1.05. The monoisotopic (exact) mass is 252 g/mol. The van der Waals surface area contributed by atoms with Crippen molar-refractivity contribution in [1.29, 1.82) is 0 Å². The van der Waals surface area contributed by atoms with Gasteiger partial charge in [0, 0.05) is 18.8 Å². The highest BCUT2D eigenvalue weighted by atomic mass is 16.5. The van der Waals surface area contributed by atoms with Gasteiger partial charge in [-0.15, -0.1) is 0 Å². The van der Waals surface area contributed by atoms with E-state index in [4.69, 9.17) is 15.2 Å². The summed E-state index contributed by atoms with van der Waals surface area (Å²) in [7, 11) is 0. The molecular formula is C13H20N2O3. The van der Waals surface area contributed by atoms with Crippen molar-refractivity contribution in [3.63, 3.8) is 0 Å². The van der Waals surface area contributed by atoms with Gasteiger partial charge in [-0.05, 0) is 31.2 Å². The molecule has 3 N–H and O–H groups in total. The van der Waals surface area contributed by atoms with Crippen LogP contribution in [-0.4, -0.2) is 38.9 Å². The van der Waals surface area contributed by atoms with Crippen molar-refractivity contribution in [3.8, 4) is 0 Å². The summed E-state index contributed by atoms with van der Waals surface area (Å²) in [5.74, 6) is -0.308. The SMILES string of the molecule is C1COCCN1.CCOC(=O)c1ccc(N)cc1. The minimum atomic E-state index is -0.308. The lowest BCUT2D eigenvalue weighted by Crippen LogP contribution is -2.30. The van der Waals surface area contributed by atoms with E-state index in [1.54, 1.807) is 31.2 Å². The third-order valence-electron chi connectivity index (χ3n) is 2.27. The first kappa shape index (κ1) is 14.5. The fourth-order valence-electron chi connectivity index (χ4n) is 1.35. The van der Waals surface area contributed by atoms with Crippen LogP contribution in [0.3, 0.4) is 0 Å². The Kier molecular flexibility index (Phi) is 6.83. The van der Waals surface area contributed by atoms with E-state index in [-0.39, 0.29) is 5.97 Å². The van der Waals surface area contributed by atoms with Crippen molar-refractivity contribution < 1.29 is 14.3 Å². The molecule has 0 radical (unpaired) electrons. The van der Waals surface area contributed by atoms with E-state index < -0.39 is 0 Å². The van der Waals surface area contributed by atoms with Crippen LogP contribution in [0.15, 0.2) is 24.3 Å². The quantitative estimate of drug-likeness (QED) is 0.608. The number of hydrogen-bond acceptors (Lipinski definition) is 5. The van der Waals surface area contributed by atoms with Gasteiger partial charge in [0.1, 0.15) is 0 Å². The number of carbonyl (C=O) groups is 1. The van der Waals surface area contributed by atoms with Crippen molar-refractivity contribution in [1.82, 2.24) is 5.32 Å². The molecular weight excluding hydrogens is 232 g/mol. The molecule has 2 rings (SSSR count). The van der Waals surface area contributed by atoms with E-state index in [0.717, 1.165) is 26.3 Å². The molecule has 0 saturated carbocycles. The number of nitrogens with two attached hydrogens (primary N) is 1. The fraction of sp³-hybridized carbons (Fsp3) is 0.462. The molecule has 1 fully saturated rings. The Labute approximate surface area is 107 Å². The van der Waals surface area contributed by atoms with E-state index in [0.29, 0.717) is 17.9 Å². The molecule has 100 valence electrons. The molecule has 1 aliphatic rings. The number of morpholine rings is 1. The van der Waals surface area contributed by atoms with Crippen LogP contribution in [0.2, 0.25) is 0 Å².